The van der Waals surface area contributed by atoms with Crippen LogP contribution in [-0.2, 0) is 17.8 Å². The lowest BCUT2D eigenvalue weighted by atomic mass is 10.0. The van der Waals surface area contributed by atoms with Gasteiger partial charge in [0.2, 0.25) is 5.91 Å². The van der Waals surface area contributed by atoms with Crippen LogP contribution in [0.3, 0.4) is 0 Å². The van der Waals surface area contributed by atoms with Gasteiger partial charge in [-0.05, 0) is 43.2 Å². The molecule has 26 heavy (non-hydrogen) atoms. The van der Waals surface area contributed by atoms with Gasteiger partial charge in [-0.15, -0.1) is 0 Å². The van der Waals surface area contributed by atoms with Crippen molar-refractivity contribution < 1.29 is 4.79 Å². The number of carbonyl (C=O) groups excluding carboxylic acids is 1. The summed E-state index contributed by atoms with van der Waals surface area (Å²) < 4.78 is 0. The Bertz CT molecular complexity index is 511. The van der Waals surface area contributed by atoms with E-state index in [1.54, 1.807) is 7.05 Å². The van der Waals surface area contributed by atoms with Crippen LogP contribution in [-0.4, -0.2) is 19.0 Å². The third-order valence-electron chi connectivity index (χ3n) is 5.74. The number of rotatable bonds is 12. The van der Waals surface area contributed by atoms with E-state index < -0.39 is 0 Å². The summed E-state index contributed by atoms with van der Waals surface area (Å²) in [6, 6.07) is 9.57. The fraction of sp³-hybridized carbons (Fsp3) is 0.696. The van der Waals surface area contributed by atoms with Crippen LogP contribution in [0.15, 0.2) is 24.3 Å². The Morgan fingerprint density at radius 2 is 1.62 bits per heavy atom. The van der Waals surface area contributed by atoms with Crippen molar-refractivity contribution in [2.24, 2.45) is 5.92 Å². The van der Waals surface area contributed by atoms with Crippen molar-refractivity contribution in [1.82, 2.24) is 10.6 Å². The van der Waals surface area contributed by atoms with Crippen LogP contribution in [0.4, 0.5) is 0 Å². The maximum atomic E-state index is 11.7. The van der Waals surface area contributed by atoms with Gasteiger partial charge >= 0.3 is 0 Å². The summed E-state index contributed by atoms with van der Waals surface area (Å²) in [5.41, 5.74) is 2.81. The highest BCUT2D eigenvalue weighted by Gasteiger charge is 2.28. The lowest BCUT2D eigenvalue weighted by molar-refractivity contribution is -0.124. The molecule has 2 unspecified atom stereocenters. The largest absolute Gasteiger partial charge is 0.359 e. The second-order valence-electron chi connectivity index (χ2n) is 7.89. The van der Waals surface area contributed by atoms with Crippen molar-refractivity contribution in [3.63, 3.8) is 0 Å². The number of unbranched alkanes of at least 4 members (excludes halogenated alkanes) is 6. The molecule has 2 rings (SSSR count). The molecule has 1 aliphatic rings. The SMILES string of the molecule is CCCCCCCCCc1ccc(CNC2CCC(C(=O)NC)C2)cc1. The molecule has 1 fully saturated rings. The molecule has 2 atom stereocenters. The lowest BCUT2D eigenvalue weighted by Crippen LogP contribution is -2.29. The van der Waals surface area contributed by atoms with Gasteiger partial charge in [0.25, 0.3) is 0 Å². The summed E-state index contributed by atoms with van der Waals surface area (Å²) in [4.78, 5) is 11.7. The van der Waals surface area contributed by atoms with Gasteiger partial charge in [0, 0.05) is 25.6 Å². The average molecular weight is 359 g/mol. The van der Waals surface area contributed by atoms with Crippen molar-refractivity contribution in [1.29, 1.82) is 0 Å². The first-order valence-corrected chi connectivity index (χ1v) is 10.8. The van der Waals surface area contributed by atoms with Gasteiger partial charge in [0.15, 0.2) is 0 Å². The molecule has 2 N–H and O–H groups in total. The summed E-state index contributed by atoms with van der Waals surface area (Å²) >= 11 is 0. The molecule has 1 aromatic carbocycles. The number of aryl methyl sites for hydroxylation is 1. The van der Waals surface area contributed by atoms with E-state index in [1.165, 1.54) is 62.5 Å². The van der Waals surface area contributed by atoms with Crippen molar-refractivity contribution >= 4 is 5.91 Å². The number of hydrogen-bond donors (Lipinski definition) is 2. The van der Waals surface area contributed by atoms with Crippen molar-refractivity contribution in [3.05, 3.63) is 35.4 Å². The van der Waals surface area contributed by atoms with E-state index in [-0.39, 0.29) is 11.8 Å². The maximum Gasteiger partial charge on any atom is 0.222 e. The highest BCUT2D eigenvalue weighted by molar-refractivity contribution is 5.78. The Kier molecular flexibility index (Phi) is 9.76. The Labute approximate surface area is 160 Å². The van der Waals surface area contributed by atoms with E-state index in [9.17, 15) is 4.79 Å². The van der Waals surface area contributed by atoms with E-state index >= 15 is 0 Å². The zero-order valence-electron chi connectivity index (χ0n) is 16.9. The third kappa shape index (κ3) is 7.49. The Morgan fingerprint density at radius 1 is 0.962 bits per heavy atom. The number of carbonyl (C=O) groups is 1. The van der Waals surface area contributed by atoms with Crippen LogP contribution in [0.5, 0.6) is 0 Å². The molecular formula is C23H38N2O. The normalized spacial score (nSPS) is 19.6. The van der Waals surface area contributed by atoms with E-state index in [0.29, 0.717) is 6.04 Å². The number of benzene rings is 1. The zero-order chi connectivity index (χ0) is 18.6. The first kappa shape index (κ1) is 21.0. The van der Waals surface area contributed by atoms with E-state index in [2.05, 4.69) is 41.8 Å². The summed E-state index contributed by atoms with van der Waals surface area (Å²) in [5, 5.41) is 6.40. The quantitative estimate of drug-likeness (QED) is 0.517. The standard InChI is InChI=1S/C23H38N2O/c1-3-4-5-6-7-8-9-10-19-11-13-20(14-12-19)18-25-22-16-15-21(17-22)23(26)24-2/h11-14,21-22,25H,3-10,15-18H2,1-2H3,(H,24,26). The zero-order valence-corrected chi connectivity index (χ0v) is 16.9. The second kappa shape index (κ2) is 12.1. The molecule has 1 saturated carbocycles. The van der Waals surface area contributed by atoms with Gasteiger partial charge in [0.1, 0.15) is 0 Å². The second-order valence-corrected chi connectivity index (χ2v) is 7.89. The highest BCUT2D eigenvalue weighted by Crippen LogP contribution is 2.25. The van der Waals surface area contributed by atoms with Gasteiger partial charge in [-0.1, -0.05) is 69.7 Å². The molecule has 0 aliphatic heterocycles. The maximum absolute atomic E-state index is 11.7. The lowest BCUT2D eigenvalue weighted by Gasteiger charge is -2.13. The van der Waals surface area contributed by atoms with Crippen LogP contribution in [0, 0.1) is 5.92 Å². The van der Waals surface area contributed by atoms with Crippen molar-refractivity contribution in [3.8, 4) is 0 Å². The number of nitrogens with one attached hydrogen (secondary N) is 2. The molecule has 0 heterocycles. The molecule has 0 saturated heterocycles. The summed E-state index contributed by atoms with van der Waals surface area (Å²) in [7, 11) is 1.73. The molecule has 0 bridgehead atoms. The minimum atomic E-state index is 0.196. The highest BCUT2D eigenvalue weighted by atomic mass is 16.1. The first-order chi connectivity index (χ1) is 12.7. The number of hydrogen-bond acceptors (Lipinski definition) is 2. The fourth-order valence-corrected chi connectivity index (χ4v) is 3.98. The van der Waals surface area contributed by atoms with Crippen LogP contribution in [0.1, 0.15) is 82.3 Å². The monoisotopic (exact) mass is 358 g/mol. The minimum absolute atomic E-state index is 0.196. The molecule has 3 heteroatoms. The molecule has 1 amide bonds. The first-order valence-electron chi connectivity index (χ1n) is 10.8. The van der Waals surface area contributed by atoms with E-state index in [4.69, 9.17) is 0 Å². The topological polar surface area (TPSA) is 41.1 Å². The fourth-order valence-electron chi connectivity index (χ4n) is 3.98. The third-order valence-corrected chi connectivity index (χ3v) is 5.74. The van der Waals surface area contributed by atoms with Crippen LogP contribution in [0.2, 0.25) is 0 Å². The van der Waals surface area contributed by atoms with Crippen molar-refractivity contribution in [2.75, 3.05) is 7.05 Å². The van der Waals surface area contributed by atoms with Gasteiger partial charge in [0.05, 0.1) is 0 Å². The molecule has 146 valence electrons. The Hall–Kier alpha value is -1.35. The molecule has 0 radical (unpaired) electrons. The average Bonchev–Trinajstić information content (AvgIpc) is 3.15. The molecular weight excluding hydrogens is 320 g/mol. The van der Waals surface area contributed by atoms with Gasteiger partial charge < -0.3 is 10.6 Å². The molecule has 3 nitrogen and oxygen atoms in total. The summed E-state index contributed by atoms with van der Waals surface area (Å²) in [5.74, 6) is 0.394. The molecule has 1 aromatic rings. The Morgan fingerprint density at radius 3 is 2.31 bits per heavy atom. The predicted octanol–water partition coefficient (Wildman–Crippen LogP) is 4.98. The molecule has 1 aliphatic carbocycles. The van der Waals surface area contributed by atoms with E-state index in [0.717, 1.165) is 25.8 Å². The summed E-state index contributed by atoms with van der Waals surface area (Å²) in [6.07, 6.45) is 13.9. The number of amides is 1. The van der Waals surface area contributed by atoms with Crippen LogP contribution < -0.4 is 10.6 Å². The molecule has 0 aromatic heterocycles. The van der Waals surface area contributed by atoms with Gasteiger partial charge in [-0.2, -0.15) is 0 Å². The predicted molar refractivity (Wildman–Crippen MR) is 110 cm³/mol. The smallest absolute Gasteiger partial charge is 0.222 e. The summed E-state index contributed by atoms with van der Waals surface area (Å²) in [6.45, 7) is 3.18. The van der Waals surface area contributed by atoms with Gasteiger partial charge in [-0.25, -0.2) is 0 Å². The van der Waals surface area contributed by atoms with Gasteiger partial charge in [-0.3, -0.25) is 4.79 Å². The minimum Gasteiger partial charge on any atom is -0.359 e. The van der Waals surface area contributed by atoms with Crippen LogP contribution >= 0.6 is 0 Å². The Balaban J connectivity index is 1.60. The van der Waals surface area contributed by atoms with Crippen LogP contribution in [0.25, 0.3) is 0 Å². The van der Waals surface area contributed by atoms with E-state index in [1.807, 2.05) is 0 Å². The molecule has 0 spiro atoms. The van der Waals surface area contributed by atoms with Crippen molar-refractivity contribution in [2.45, 2.75) is 90.1 Å².